The highest BCUT2D eigenvalue weighted by Gasteiger charge is 2.27. The van der Waals surface area contributed by atoms with Gasteiger partial charge in [-0.2, -0.15) is 5.26 Å². The molecule has 1 N–H and O–H groups in total. The van der Waals surface area contributed by atoms with Crippen LogP contribution in [-0.2, 0) is 16.1 Å². The Morgan fingerprint density at radius 2 is 1.86 bits per heavy atom. The lowest BCUT2D eigenvalue weighted by Gasteiger charge is -2.32. The number of carboxylic acids is 1. The lowest BCUT2D eigenvalue weighted by Crippen LogP contribution is -2.37. The molecule has 0 bridgehead atoms. The number of aromatic carboxylic acids is 1. The van der Waals surface area contributed by atoms with Gasteiger partial charge in [-0.25, -0.2) is 9.18 Å². The fraction of sp³-hybridized carbons (Fsp3) is 0.286. The van der Waals surface area contributed by atoms with Crippen LogP contribution in [0.4, 0.5) is 10.1 Å². The Balaban J connectivity index is 1.51. The van der Waals surface area contributed by atoms with E-state index >= 15 is 0 Å². The lowest BCUT2D eigenvalue weighted by molar-refractivity contribution is -0.150. The molecule has 0 aliphatic carbocycles. The predicted molar refractivity (Wildman–Crippen MR) is 99.2 cm³/mol. The second kappa shape index (κ2) is 8.53. The monoisotopic (exact) mass is 382 g/mol. The average molecular weight is 382 g/mol. The van der Waals surface area contributed by atoms with Gasteiger partial charge in [-0.3, -0.25) is 4.79 Å². The molecule has 0 amide bonds. The van der Waals surface area contributed by atoms with E-state index < -0.39 is 11.8 Å². The molecule has 1 aliphatic heterocycles. The van der Waals surface area contributed by atoms with E-state index in [0.717, 1.165) is 5.56 Å². The summed E-state index contributed by atoms with van der Waals surface area (Å²) in [5.74, 6) is -2.00. The first-order valence-electron chi connectivity index (χ1n) is 8.91. The van der Waals surface area contributed by atoms with Crippen LogP contribution < -0.4 is 4.90 Å². The molecule has 1 saturated heterocycles. The number of anilines is 1. The molecule has 28 heavy (non-hydrogen) atoms. The third kappa shape index (κ3) is 4.46. The van der Waals surface area contributed by atoms with Gasteiger partial charge in [-0.1, -0.05) is 12.1 Å². The van der Waals surface area contributed by atoms with E-state index in [-0.39, 0.29) is 29.6 Å². The van der Waals surface area contributed by atoms with E-state index in [9.17, 15) is 14.0 Å². The van der Waals surface area contributed by atoms with Crippen molar-refractivity contribution in [3.8, 4) is 6.07 Å². The summed E-state index contributed by atoms with van der Waals surface area (Å²) >= 11 is 0. The molecule has 2 aromatic rings. The first kappa shape index (κ1) is 19.4. The average Bonchev–Trinajstić information content (AvgIpc) is 2.72. The van der Waals surface area contributed by atoms with E-state index in [2.05, 4.69) is 0 Å². The van der Waals surface area contributed by atoms with Gasteiger partial charge in [0.25, 0.3) is 0 Å². The maximum Gasteiger partial charge on any atom is 0.335 e. The van der Waals surface area contributed by atoms with Crippen LogP contribution in [0.15, 0.2) is 42.5 Å². The molecule has 0 aromatic heterocycles. The highest BCUT2D eigenvalue weighted by molar-refractivity contribution is 5.87. The molecule has 144 valence electrons. The van der Waals surface area contributed by atoms with Crippen molar-refractivity contribution in [1.29, 1.82) is 5.26 Å². The number of carbonyl (C=O) groups excluding carboxylic acids is 1. The van der Waals surface area contributed by atoms with Crippen LogP contribution in [-0.4, -0.2) is 30.1 Å². The molecule has 3 rings (SSSR count). The van der Waals surface area contributed by atoms with E-state index in [0.29, 0.717) is 31.6 Å². The Morgan fingerprint density at radius 1 is 1.18 bits per heavy atom. The van der Waals surface area contributed by atoms with Crippen LogP contribution in [0.1, 0.15) is 34.3 Å². The lowest BCUT2D eigenvalue weighted by atomic mass is 9.96. The number of nitrogens with zero attached hydrogens (tertiary/aromatic N) is 2. The molecule has 0 atom stereocenters. The summed E-state index contributed by atoms with van der Waals surface area (Å²) in [5, 5.41) is 17.7. The highest BCUT2D eigenvalue weighted by atomic mass is 19.1. The van der Waals surface area contributed by atoms with Gasteiger partial charge in [0.1, 0.15) is 12.4 Å². The van der Waals surface area contributed by atoms with E-state index in [1.165, 1.54) is 18.2 Å². The van der Waals surface area contributed by atoms with Crippen molar-refractivity contribution < 1.29 is 23.8 Å². The molecule has 0 spiro atoms. The van der Waals surface area contributed by atoms with Crippen LogP contribution >= 0.6 is 0 Å². The zero-order valence-corrected chi connectivity index (χ0v) is 15.1. The Labute approximate surface area is 161 Å². The molecule has 0 radical (unpaired) electrons. The standard InChI is InChI=1S/C21H19FN2O4/c22-18-11-15(12-23)3-6-19(18)24-9-7-17(8-10-24)21(27)28-13-14-1-4-16(5-2-14)20(25)26/h1-6,11,17H,7-10,13H2,(H,25,26). The maximum atomic E-state index is 14.1. The third-order valence-electron chi connectivity index (χ3n) is 4.83. The van der Waals surface area contributed by atoms with E-state index in [1.807, 2.05) is 11.0 Å². The molecule has 1 heterocycles. The summed E-state index contributed by atoms with van der Waals surface area (Å²) in [6.45, 7) is 1.13. The zero-order valence-electron chi connectivity index (χ0n) is 15.1. The fourth-order valence-electron chi connectivity index (χ4n) is 3.20. The van der Waals surface area contributed by atoms with Crippen molar-refractivity contribution in [1.82, 2.24) is 0 Å². The van der Waals surface area contributed by atoms with Gasteiger partial charge in [0.2, 0.25) is 0 Å². The van der Waals surface area contributed by atoms with E-state index in [4.69, 9.17) is 15.1 Å². The zero-order chi connectivity index (χ0) is 20.1. The summed E-state index contributed by atoms with van der Waals surface area (Å²) in [4.78, 5) is 25.0. The molecule has 0 saturated carbocycles. The van der Waals surface area contributed by atoms with Gasteiger partial charge in [0.05, 0.1) is 28.8 Å². The van der Waals surface area contributed by atoms with Gasteiger partial charge < -0.3 is 14.7 Å². The Hall–Kier alpha value is -3.40. The SMILES string of the molecule is N#Cc1ccc(N2CCC(C(=O)OCc3ccc(C(=O)O)cc3)CC2)c(F)c1. The number of hydrogen-bond donors (Lipinski definition) is 1. The first-order valence-corrected chi connectivity index (χ1v) is 8.91. The highest BCUT2D eigenvalue weighted by Crippen LogP contribution is 2.27. The van der Waals surface area contributed by atoms with Crippen molar-refractivity contribution >= 4 is 17.6 Å². The number of halogens is 1. The molecular weight excluding hydrogens is 363 g/mol. The summed E-state index contributed by atoms with van der Waals surface area (Å²) in [5.41, 5.74) is 1.60. The number of nitriles is 1. The largest absolute Gasteiger partial charge is 0.478 e. The van der Waals surface area contributed by atoms with Gasteiger partial charge in [-0.15, -0.1) is 0 Å². The Morgan fingerprint density at radius 3 is 2.43 bits per heavy atom. The quantitative estimate of drug-likeness (QED) is 0.798. The van der Waals surface area contributed by atoms with Gasteiger partial charge in [0, 0.05) is 13.1 Å². The van der Waals surface area contributed by atoms with Gasteiger partial charge in [0.15, 0.2) is 0 Å². The molecule has 0 unspecified atom stereocenters. The number of ether oxygens (including phenoxy) is 1. The molecular formula is C21H19FN2O4. The normalized spacial score (nSPS) is 14.4. The minimum Gasteiger partial charge on any atom is -0.478 e. The maximum absolute atomic E-state index is 14.1. The molecule has 1 aliphatic rings. The van der Waals surface area contributed by atoms with Crippen molar-refractivity contribution in [2.24, 2.45) is 5.92 Å². The Bertz CT molecular complexity index is 913. The summed E-state index contributed by atoms with van der Waals surface area (Å²) < 4.78 is 19.5. The van der Waals surface area contributed by atoms with Gasteiger partial charge >= 0.3 is 11.9 Å². The van der Waals surface area contributed by atoms with Gasteiger partial charge in [-0.05, 0) is 48.7 Å². The van der Waals surface area contributed by atoms with E-state index in [1.54, 1.807) is 24.3 Å². The topological polar surface area (TPSA) is 90.6 Å². The first-order chi connectivity index (χ1) is 13.5. The molecule has 1 fully saturated rings. The second-order valence-electron chi connectivity index (χ2n) is 6.65. The van der Waals surface area contributed by atoms with Crippen molar-refractivity contribution in [2.45, 2.75) is 19.4 Å². The Kier molecular flexibility index (Phi) is 5.90. The molecule has 2 aromatic carbocycles. The number of rotatable bonds is 5. The van der Waals surface area contributed by atoms with Crippen LogP contribution in [0.25, 0.3) is 0 Å². The minimum atomic E-state index is -1.01. The number of esters is 1. The van der Waals surface area contributed by atoms with Crippen LogP contribution in [0.2, 0.25) is 0 Å². The molecule has 6 nitrogen and oxygen atoms in total. The summed E-state index contributed by atoms with van der Waals surface area (Å²) in [6.07, 6.45) is 1.10. The van der Waals surface area contributed by atoms with Crippen molar-refractivity contribution in [2.75, 3.05) is 18.0 Å². The number of carbonyl (C=O) groups is 2. The van der Waals surface area contributed by atoms with Crippen LogP contribution in [0.3, 0.4) is 0 Å². The van der Waals surface area contributed by atoms with Crippen molar-refractivity contribution in [3.05, 3.63) is 65.0 Å². The summed E-state index contributed by atoms with van der Waals surface area (Å²) in [6, 6.07) is 12.5. The van der Waals surface area contributed by atoms with Crippen molar-refractivity contribution in [3.63, 3.8) is 0 Å². The third-order valence-corrected chi connectivity index (χ3v) is 4.83. The smallest absolute Gasteiger partial charge is 0.335 e. The fourth-order valence-corrected chi connectivity index (χ4v) is 3.20. The van der Waals surface area contributed by atoms with Crippen LogP contribution in [0, 0.1) is 23.1 Å². The number of carboxylic acid groups (broad SMARTS) is 1. The number of benzene rings is 2. The second-order valence-corrected chi connectivity index (χ2v) is 6.65. The van der Waals surface area contributed by atoms with Crippen LogP contribution in [0.5, 0.6) is 0 Å². The number of piperidine rings is 1. The minimum absolute atomic E-state index is 0.0865. The number of hydrogen-bond acceptors (Lipinski definition) is 5. The predicted octanol–water partition coefficient (Wildman–Crippen LogP) is 3.36. The summed E-state index contributed by atoms with van der Waals surface area (Å²) in [7, 11) is 0. The molecule has 7 heteroatoms.